The third-order valence-electron chi connectivity index (χ3n) is 0.794. The molecule has 3 nitrogen and oxygen atoms in total. The Kier molecular flexibility index (Phi) is 8.48. The summed E-state index contributed by atoms with van der Waals surface area (Å²) in [5.41, 5.74) is 5.32. The summed E-state index contributed by atoms with van der Waals surface area (Å²) in [5.74, 6) is -0.215. The van der Waals surface area contributed by atoms with Crippen LogP contribution in [-0.2, 0) is 9.53 Å². The minimum Gasteiger partial charge on any atom is -0.466 e. The van der Waals surface area contributed by atoms with Gasteiger partial charge in [-0.3, -0.25) is 4.79 Å². The van der Waals surface area contributed by atoms with E-state index in [9.17, 15) is 4.79 Å². The molecule has 0 radical (unpaired) electrons. The van der Waals surface area contributed by atoms with E-state index in [4.69, 9.17) is 5.73 Å². The molecule has 0 aliphatic rings. The van der Waals surface area contributed by atoms with Gasteiger partial charge in [-0.15, -0.1) is 12.4 Å². The van der Waals surface area contributed by atoms with E-state index < -0.39 is 0 Å². The molecule has 0 spiro atoms. The molecule has 0 heterocycles. The Balaban J connectivity index is 0. The van der Waals surface area contributed by atoms with Crippen molar-refractivity contribution in [2.75, 3.05) is 6.61 Å². The van der Waals surface area contributed by atoms with Crippen molar-refractivity contribution in [3.05, 3.63) is 0 Å². The first-order chi connectivity index (χ1) is 4.16. The second kappa shape index (κ2) is 6.83. The molecule has 2 N–H and O–H groups in total. The van der Waals surface area contributed by atoms with Crippen LogP contribution in [-0.4, -0.2) is 18.6 Å². The average molecular weight is 168 g/mol. The SMILES string of the molecule is CCOC(=O)CC(C)N.Cl. The normalized spacial score (nSPS) is 11.5. The first-order valence-electron chi connectivity index (χ1n) is 3.08. The highest BCUT2D eigenvalue weighted by atomic mass is 35.5. The van der Waals surface area contributed by atoms with Crippen molar-refractivity contribution >= 4 is 18.4 Å². The van der Waals surface area contributed by atoms with Crippen molar-refractivity contribution in [2.45, 2.75) is 26.3 Å². The van der Waals surface area contributed by atoms with Crippen molar-refractivity contribution in [1.29, 1.82) is 0 Å². The van der Waals surface area contributed by atoms with Crippen molar-refractivity contribution in [3.63, 3.8) is 0 Å². The molecule has 0 aliphatic carbocycles. The summed E-state index contributed by atoms with van der Waals surface area (Å²) in [6.07, 6.45) is 0.313. The molecule has 0 fully saturated rings. The van der Waals surface area contributed by atoms with E-state index >= 15 is 0 Å². The smallest absolute Gasteiger partial charge is 0.307 e. The third-order valence-corrected chi connectivity index (χ3v) is 0.794. The Bertz CT molecular complexity index is 95.7. The van der Waals surface area contributed by atoms with Gasteiger partial charge in [-0.1, -0.05) is 0 Å². The van der Waals surface area contributed by atoms with Crippen LogP contribution >= 0.6 is 12.4 Å². The second-order valence-corrected chi connectivity index (χ2v) is 1.99. The minimum atomic E-state index is -0.215. The van der Waals surface area contributed by atoms with Gasteiger partial charge < -0.3 is 10.5 Å². The van der Waals surface area contributed by atoms with Gasteiger partial charge >= 0.3 is 5.97 Å². The van der Waals surface area contributed by atoms with Crippen molar-refractivity contribution in [1.82, 2.24) is 0 Å². The van der Waals surface area contributed by atoms with Crippen molar-refractivity contribution < 1.29 is 9.53 Å². The number of hydrogen-bond donors (Lipinski definition) is 1. The van der Waals surface area contributed by atoms with Crippen molar-refractivity contribution in [2.24, 2.45) is 5.73 Å². The molecular weight excluding hydrogens is 154 g/mol. The Morgan fingerprint density at radius 2 is 2.20 bits per heavy atom. The number of hydrogen-bond acceptors (Lipinski definition) is 3. The number of ether oxygens (including phenoxy) is 1. The summed E-state index contributed by atoms with van der Waals surface area (Å²) >= 11 is 0. The van der Waals surface area contributed by atoms with E-state index in [0.717, 1.165) is 0 Å². The molecule has 0 aliphatic heterocycles. The number of carbonyl (C=O) groups is 1. The Hall–Kier alpha value is -0.280. The molecule has 0 aromatic heterocycles. The molecule has 0 saturated carbocycles. The lowest BCUT2D eigenvalue weighted by Gasteiger charge is -2.02. The van der Waals surface area contributed by atoms with Gasteiger partial charge in [-0.05, 0) is 13.8 Å². The monoisotopic (exact) mass is 167 g/mol. The number of rotatable bonds is 3. The quantitative estimate of drug-likeness (QED) is 0.630. The van der Waals surface area contributed by atoms with Gasteiger partial charge in [-0.2, -0.15) is 0 Å². The first kappa shape index (κ1) is 12.4. The molecule has 1 unspecified atom stereocenters. The standard InChI is InChI=1S/C6H13NO2.ClH/c1-3-9-6(8)4-5(2)7;/h5H,3-4,7H2,1-2H3;1H. The molecule has 0 aromatic rings. The zero-order valence-electron chi connectivity index (χ0n) is 6.29. The number of carbonyl (C=O) groups excluding carboxylic acids is 1. The molecule has 0 bridgehead atoms. The molecule has 0 amide bonds. The van der Waals surface area contributed by atoms with Gasteiger partial charge in [0.05, 0.1) is 13.0 Å². The highest BCUT2D eigenvalue weighted by molar-refractivity contribution is 5.85. The Morgan fingerprint density at radius 3 is 2.50 bits per heavy atom. The summed E-state index contributed by atoms with van der Waals surface area (Å²) in [5, 5.41) is 0. The lowest BCUT2D eigenvalue weighted by Crippen LogP contribution is -2.20. The van der Waals surface area contributed by atoms with E-state index in [1.54, 1.807) is 13.8 Å². The van der Waals surface area contributed by atoms with Crippen LogP contribution in [0.5, 0.6) is 0 Å². The average Bonchev–Trinajstić information content (AvgIpc) is 1.63. The van der Waals surface area contributed by atoms with Crippen LogP contribution in [0.4, 0.5) is 0 Å². The molecule has 0 saturated heterocycles. The molecule has 1 atom stereocenters. The largest absolute Gasteiger partial charge is 0.466 e. The third kappa shape index (κ3) is 7.72. The molecule has 10 heavy (non-hydrogen) atoms. The molecule has 0 rings (SSSR count). The van der Waals surface area contributed by atoms with E-state index in [1.807, 2.05) is 0 Å². The summed E-state index contributed by atoms with van der Waals surface area (Å²) in [6.45, 7) is 3.99. The van der Waals surface area contributed by atoms with Gasteiger partial charge in [-0.25, -0.2) is 0 Å². The maximum Gasteiger partial charge on any atom is 0.307 e. The molecule has 0 aromatic carbocycles. The lowest BCUT2D eigenvalue weighted by atomic mass is 10.3. The maximum atomic E-state index is 10.6. The van der Waals surface area contributed by atoms with Crippen LogP contribution in [0.3, 0.4) is 0 Å². The molecule has 4 heteroatoms. The van der Waals surface area contributed by atoms with Gasteiger partial charge in [0.2, 0.25) is 0 Å². The van der Waals surface area contributed by atoms with Crippen LogP contribution < -0.4 is 5.73 Å². The number of halogens is 1. The highest BCUT2D eigenvalue weighted by Crippen LogP contribution is 1.89. The Morgan fingerprint density at radius 1 is 1.70 bits per heavy atom. The van der Waals surface area contributed by atoms with Gasteiger partial charge in [0.25, 0.3) is 0 Å². The summed E-state index contributed by atoms with van der Waals surface area (Å²) in [7, 11) is 0. The van der Waals surface area contributed by atoms with Crippen molar-refractivity contribution in [3.8, 4) is 0 Å². The summed E-state index contributed by atoms with van der Waals surface area (Å²) in [4.78, 5) is 10.6. The minimum absolute atomic E-state index is 0. The number of nitrogens with two attached hydrogens (primary N) is 1. The van der Waals surface area contributed by atoms with Crippen LogP contribution in [0.2, 0.25) is 0 Å². The molecular formula is C6H14ClNO2. The predicted molar refractivity (Wildman–Crippen MR) is 42.1 cm³/mol. The topological polar surface area (TPSA) is 52.3 Å². The zero-order chi connectivity index (χ0) is 7.28. The van der Waals surface area contributed by atoms with Crippen LogP contribution in [0, 0.1) is 0 Å². The summed E-state index contributed by atoms with van der Waals surface area (Å²) in [6, 6.07) is -0.0935. The van der Waals surface area contributed by atoms with Gasteiger partial charge in [0, 0.05) is 6.04 Å². The van der Waals surface area contributed by atoms with Crippen LogP contribution in [0.15, 0.2) is 0 Å². The summed E-state index contributed by atoms with van der Waals surface area (Å²) < 4.78 is 4.63. The van der Waals surface area contributed by atoms with Gasteiger partial charge in [0.15, 0.2) is 0 Å². The van der Waals surface area contributed by atoms with Crippen LogP contribution in [0.1, 0.15) is 20.3 Å². The predicted octanol–water partition coefficient (Wildman–Crippen LogP) is 0.709. The lowest BCUT2D eigenvalue weighted by molar-refractivity contribution is -0.143. The van der Waals surface area contributed by atoms with E-state index in [2.05, 4.69) is 4.74 Å². The first-order valence-corrected chi connectivity index (χ1v) is 3.08. The number of esters is 1. The van der Waals surface area contributed by atoms with E-state index in [1.165, 1.54) is 0 Å². The zero-order valence-corrected chi connectivity index (χ0v) is 7.11. The maximum absolute atomic E-state index is 10.6. The second-order valence-electron chi connectivity index (χ2n) is 1.99. The Labute approximate surface area is 67.3 Å². The fraction of sp³-hybridized carbons (Fsp3) is 0.833. The van der Waals surface area contributed by atoms with Gasteiger partial charge in [0.1, 0.15) is 0 Å². The highest BCUT2D eigenvalue weighted by Gasteiger charge is 2.03. The fourth-order valence-electron chi connectivity index (χ4n) is 0.483. The fourth-order valence-corrected chi connectivity index (χ4v) is 0.483. The van der Waals surface area contributed by atoms with E-state index in [0.29, 0.717) is 13.0 Å². The van der Waals surface area contributed by atoms with E-state index in [-0.39, 0.29) is 24.4 Å². The van der Waals surface area contributed by atoms with Crippen LogP contribution in [0.25, 0.3) is 0 Å². The molecule has 62 valence electrons.